The molecule has 2 atom stereocenters. The molecular formula is C20H24Cl2N2O3. The molecule has 27 heavy (non-hydrogen) atoms. The molecule has 146 valence electrons. The van der Waals surface area contributed by atoms with Crippen LogP contribution < -0.4 is 5.73 Å². The van der Waals surface area contributed by atoms with Gasteiger partial charge >= 0.3 is 6.09 Å². The number of amides is 1. The summed E-state index contributed by atoms with van der Waals surface area (Å²) in [5.41, 5.74) is 7.01. The van der Waals surface area contributed by atoms with Gasteiger partial charge in [0.2, 0.25) is 0 Å². The van der Waals surface area contributed by atoms with E-state index in [0.717, 1.165) is 0 Å². The predicted octanol–water partition coefficient (Wildman–Crippen LogP) is 5.17. The molecule has 7 heteroatoms. The number of carboxylic acid groups (broad SMARTS) is 1. The van der Waals surface area contributed by atoms with Gasteiger partial charge in [0.05, 0.1) is 16.1 Å². The number of hydrogen-bond donors (Lipinski definition) is 3. The summed E-state index contributed by atoms with van der Waals surface area (Å²) in [6.07, 6.45) is -2.04. The van der Waals surface area contributed by atoms with E-state index in [1.165, 1.54) is 4.90 Å². The van der Waals surface area contributed by atoms with Crippen molar-refractivity contribution >= 4 is 35.0 Å². The lowest BCUT2D eigenvalue weighted by Crippen LogP contribution is -2.47. The molecule has 5 nitrogen and oxygen atoms in total. The highest BCUT2D eigenvalue weighted by Crippen LogP contribution is 2.36. The second-order valence-electron chi connectivity index (χ2n) is 7.46. The lowest BCUT2D eigenvalue weighted by molar-refractivity contribution is 0.0697. The van der Waals surface area contributed by atoms with Crippen LogP contribution in [-0.4, -0.2) is 33.3 Å². The van der Waals surface area contributed by atoms with Crippen LogP contribution in [0.15, 0.2) is 42.5 Å². The van der Waals surface area contributed by atoms with Crippen LogP contribution in [0.4, 0.5) is 10.5 Å². The van der Waals surface area contributed by atoms with E-state index in [9.17, 15) is 15.0 Å². The Labute approximate surface area is 169 Å². The third-order valence-electron chi connectivity index (χ3n) is 4.43. The Kier molecular flexibility index (Phi) is 6.63. The first-order valence-corrected chi connectivity index (χ1v) is 9.25. The number of aliphatic hydroxyl groups excluding tert-OH is 1. The van der Waals surface area contributed by atoms with Crippen molar-refractivity contribution in [1.82, 2.24) is 4.90 Å². The van der Waals surface area contributed by atoms with Crippen molar-refractivity contribution in [3.8, 4) is 0 Å². The van der Waals surface area contributed by atoms with Crippen LogP contribution in [-0.2, 0) is 0 Å². The quantitative estimate of drug-likeness (QED) is 0.593. The number of nitrogens with zero attached hydrogens (tertiary/aromatic N) is 1. The zero-order chi connectivity index (χ0) is 20.4. The van der Waals surface area contributed by atoms with Gasteiger partial charge in [0, 0.05) is 23.7 Å². The van der Waals surface area contributed by atoms with Crippen LogP contribution in [0.2, 0.25) is 10.0 Å². The second kappa shape index (κ2) is 8.38. The van der Waals surface area contributed by atoms with Gasteiger partial charge < -0.3 is 20.8 Å². The number of halogens is 2. The number of hydrogen-bond acceptors (Lipinski definition) is 3. The molecule has 0 heterocycles. The average molecular weight is 411 g/mol. The number of benzene rings is 2. The topological polar surface area (TPSA) is 86.8 Å². The van der Waals surface area contributed by atoms with Gasteiger partial charge in [-0.3, -0.25) is 0 Å². The fourth-order valence-electron chi connectivity index (χ4n) is 2.94. The van der Waals surface area contributed by atoms with Crippen LogP contribution in [0, 0.1) is 0 Å². The molecule has 1 amide bonds. The van der Waals surface area contributed by atoms with E-state index in [0.29, 0.717) is 26.9 Å². The number of nitrogens with two attached hydrogens (primary N) is 1. The van der Waals surface area contributed by atoms with Crippen molar-refractivity contribution in [3.63, 3.8) is 0 Å². The monoisotopic (exact) mass is 410 g/mol. The van der Waals surface area contributed by atoms with Crippen molar-refractivity contribution in [2.45, 2.75) is 38.3 Å². The lowest BCUT2D eigenvalue weighted by atomic mass is 9.87. The fourth-order valence-corrected chi connectivity index (χ4v) is 3.25. The van der Waals surface area contributed by atoms with E-state index in [2.05, 4.69) is 0 Å². The molecule has 2 rings (SSSR count). The largest absolute Gasteiger partial charge is 0.465 e. The molecule has 0 aliphatic rings. The van der Waals surface area contributed by atoms with Crippen LogP contribution >= 0.6 is 23.2 Å². The molecule has 2 aromatic rings. The Morgan fingerprint density at radius 2 is 1.78 bits per heavy atom. The smallest absolute Gasteiger partial charge is 0.407 e. The number of aliphatic hydroxyl groups is 1. The molecule has 0 radical (unpaired) electrons. The number of anilines is 1. The zero-order valence-electron chi connectivity index (χ0n) is 15.5. The van der Waals surface area contributed by atoms with E-state index in [-0.39, 0.29) is 6.54 Å². The average Bonchev–Trinajstić information content (AvgIpc) is 2.56. The molecule has 0 aromatic heterocycles. The van der Waals surface area contributed by atoms with Crippen molar-refractivity contribution < 1.29 is 15.0 Å². The van der Waals surface area contributed by atoms with Crippen molar-refractivity contribution in [2.75, 3.05) is 12.3 Å². The summed E-state index contributed by atoms with van der Waals surface area (Å²) >= 11 is 12.2. The van der Waals surface area contributed by atoms with E-state index in [1.807, 2.05) is 0 Å². The number of nitrogen functional groups attached to an aromatic ring is 1. The highest BCUT2D eigenvalue weighted by Gasteiger charge is 2.33. The number of carbonyl (C=O) groups is 1. The molecule has 0 aliphatic carbocycles. The predicted molar refractivity (Wildman–Crippen MR) is 110 cm³/mol. The maximum absolute atomic E-state index is 11.8. The van der Waals surface area contributed by atoms with Gasteiger partial charge in [-0.05, 0) is 56.2 Å². The van der Waals surface area contributed by atoms with Crippen LogP contribution in [0.25, 0.3) is 0 Å². The Morgan fingerprint density at radius 3 is 2.30 bits per heavy atom. The Hall–Kier alpha value is -1.95. The highest BCUT2D eigenvalue weighted by molar-refractivity contribution is 6.42. The third-order valence-corrected chi connectivity index (χ3v) is 5.16. The molecule has 0 aliphatic heterocycles. The maximum atomic E-state index is 11.8. The van der Waals surface area contributed by atoms with E-state index in [4.69, 9.17) is 28.9 Å². The van der Waals surface area contributed by atoms with Crippen molar-refractivity contribution in [1.29, 1.82) is 0 Å². The molecule has 2 aromatic carbocycles. The third kappa shape index (κ3) is 5.28. The summed E-state index contributed by atoms with van der Waals surface area (Å²) in [5, 5.41) is 21.5. The van der Waals surface area contributed by atoms with Gasteiger partial charge in [-0.1, -0.05) is 41.4 Å². The number of rotatable bonds is 5. The first-order valence-electron chi connectivity index (χ1n) is 8.49. The van der Waals surface area contributed by atoms with E-state index >= 15 is 0 Å². The summed E-state index contributed by atoms with van der Waals surface area (Å²) in [5.74, 6) is -0.558. The first-order chi connectivity index (χ1) is 12.5. The fraction of sp³-hybridized carbons (Fsp3) is 0.350. The van der Waals surface area contributed by atoms with Crippen LogP contribution in [0.5, 0.6) is 0 Å². The zero-order valence-corrected chi connectivity index (χ0v) is 17.0. The summed E-state index contributed by atoms with van der Waals surface area (Å²) in [7, 11) is 0. The molecular weight excluding hydrogens is 387 g/mol. The molecule has 0 fully saturated rings. The van der Waals surface area contributed by atoms with Crippen LogP contribution in [0.1, 0.15) is 43.9 Å². The minimum absolute atomic E-state index is 0.0762. The van der Waals surface area contributed by atoms with Gasteiger partial charge in [-0.25, -0.2) is 4.79 Å². The van der Waals surface area contributed by atoms with Gasteiger partial charge in [-0.15, -0.1) is 0 Å². The molecule has 0 bridgehead atoms. The molecule has 0 saturated heterocycles. The summed E-state index contributed by atoms with van der Waals surface area (Å²) in [6.45, 7) is 5.49. The minimum Gasteiger partial charge on any atom is -0.465 e. The van der Waals surface area contributed by atoms with Crippen molar-refractivity contribution in [2.24, 2.45) is 0 Å². The molecule has 0 spiro atoms. The maximum Gasteiger partial charge on any atom is 0.407 e. The van der Waals surface area contributed by atoms with E-state index < -0.39 is 23.7 Å². The van der Waals surface area contributed by atoms with Gasteiger partial charge in [0.1, 0.15) is 0 Å². The van der Waals surface area contributed by atoms with Gasteiger partial charge in [0.15, 0.2) is 0 Å². The van der Waals surface area contributed by atoms with E-state index in [1.54, 1.807) is 63.2 Å². The highest BCUT2D eigenvalue weighted by atomic mass is 35.5. The molecule has 4 N–H and O–H groups in total. The minimum atomic E-state index is -1.06. The molecule has 0 unspecified atom stereocenters. The second-order valence-corrected chi connectivity index (χ2v) is 8.27. The van der Waals surface area contributed by atoms with Crippen molar-refractivity contribution in [3.05, 3.63) is 63.6 Å². The Morgan fingerprint density at radius 1 is 1.11 bits per heavy atom. The normalized spacial score (nSPS) is 13.9. The van der Waals surface area contributed by atoms with Gasteiger partial charge in [0.25, 0.3) is 0 Å². The molecule has 0 saturated carbocycles. The standard InChI is InChI=1S/C20H24Cl2N2O3/c1-20(2,3)24(19(26)27)11-15(12-7-8-16(21)17(22)10-12)18(25)13-5-4-6-14(23)9-13/h4-10,15,18,25H,11,23H2,1-3H3,(H,26,27)/t15-,18-/m1/s1. The summed E-state index contributed by atoms with van der Waals surface area (Å²) in [4.78, 5) is 13.1. The first kappa shape index (κ1) is 21.4. The summed E-state index contributed by atoms with van der Waals surface area (Å²) < 4.78 is 0. The Bertz CT molecular complexity index is 821. The SMILES string of the molecule is CC(C)(C)N(C[C@H](c1ccc(Cl)c(Cl)c1)[C@H](O)c1cccc(N)c1)C(=O)O. The summed E-state index contributed by atoms with van der Waals surface area (Å²) in [6, 6.07) is 12.0. The lowest BCUT2D eigenvalue weighted by Gasteiger charge is -2.37. The van der Waals surface area contributed by atoms with Crippen LogP contribution in [0.3, 0.4) is 0 Å². The van der Waals surface area contributed by atoms with Gasteiger partial charge in [-0.2, -0.15) is 0 Å². The Balaban J connectivity index is 2.50.